The number of benzene rings is 2. The summed E-state index contributed by atoms with van der Waals surface area (Å²) in [4.78, 5) is 0. The zero-order valence-corrected chi connectivity index (χ0v) is 15.1. The van der Waals surface area contributed by atoms with Crippen molar-refractivity contribution in [3.05, 3.63) is 58.4 Å². The molecule has 0 radical (unpaired) electrons. The summed E-state index contributed by atoms with van der Waals surface area (Å²) in [5.41, 5.74) is 1.38. The summed E-state index contributed by atoms with van der Waals surface area (Å²) in [6, 6.07) is 9.81. The molecule has 1 fully saturated rings. The lowest BCUT2D eigenvalue weighted by molar-refractivity contribution is 0.410. The summed E-state index contributed by atoms with van der Waals surface area (Å²) < 4.78 is 45.8. The molecule has 3 rings (SSSR count). The Hall–Kier alpha value is -2.05. The molecule has 1 N–H and O–H groups in total. The van der Waals surface area contributed by atoms with E-state index in [4.69, 9.17) is 16.3 Å². The fraction of sp³-hybridized carbons (Fsp3) is 0.222. The zero-order valence-electron chi connectivity index (χ0n) is 13.5. The van der Waals surface area contributed by atoms with Crippen molar-refractivity contribution in [2.75, 3.05) is 11.8 Å². The minimum atomic E-state index is -3.54. The molecule has 0 saturated heterocycles. The van der Waals surface area contributed by atoms with Gasteiger partial charge in [-0.05, 0) is 36.6 Å². The van der Waals surface area contributed by atoms with Crippen LogP contribution in [-0.2, 0) is 10.0 Å². The van der Waals surface area contributed by atoms with E-state index in [1.807, 2.05) is 18.2 Å². The molecule has 1 aliphatic carbocycles. The van der Waals surface area contributed by atoms with Crippen molar-refractivity contribution >= 4 is 39.5 Å². The Morgan fingerprint density at radius 2 is 1.88 bits per heavy atom. The molecule has 0 heterocycles. The van der Waals surface area contributed by atoms with Crippen LogP contribution >= 0.6 is 11.6 Å². The minimum Gasteiger partial charge on any atom is -0.496 e. The number of sulfonamides is 1. The normalized spacial score (nSPS) is 14.7. The third kappa shape index (κ3) is 4.32. The fourth-order valence-electron chi connectivity index (χ4n) is 2.33. The first-order valence-electron chi connectivity index (χ1n) is 7.72. The van der Waals surface area contributed by atoms with Crippen LogP contribution in [-0.4, -0.2) is 20.8 Å². The Kier molecular flexibility index (Phi) is 5.01. The zero-order chi connectivity index (χ0) is 18.0. The first-order valence-corrected chi connectivity index (χ1v) is 9.64. The molecule has 25 heavy (non-hydrogen) atoms. The minimum absolute atomic E-state index is 0.0801. The molecule has 1 aliphatic rings. The van der Waals surface area contributed by atoms with Crippen LogP contribution in [0.4, 0.5) is 10.1 Å². The highest BCUT2D eigenvalue weighted by Gasteiger charge is 2.36. The van der Waals surface area contributed by atoms with Crippen molar-refractivity contribution in [1.29, 1.82) is 0 Å². The predicted octanol–water partition coefficient (Wildman–Crippen LogP) is 4.56. The van der Waals surface area contributed by atoms with E-state index in [1.54, 1.807) is 18.2 Å². The number of halogens is 2. The van der Waals surface area contributed by atoms with Crippen molar-refractivity contribution in [3.8, 4) is 5.75 Å². The average molecular weight is 382 g/mol. The van der Waals surface area contributed by atoms with E-state index in [1.165, 1.54) is 19.2 Å². The van der Waals surface area contributed by atoms with Gasteiger partial charge < -0.3 is 4.74 Å². The standard InChI is InChI=1S/C18H17ClFNO3S/c1-24-18-11-16(20)17(21-25(22,23)15-8-9-15)10-13(18)5-2-12-3-6-14(19)7-4-12/h2-7,10-11,15,21H,8-9H2,1H3/b5-2+. The number of nitrogens with one attached hydrogen (secondary N) is 1. The van der Waals surface area contributed by atoms with Crippen molar-refractivity contribution in [2.24, 2.45) is 0 Å². The topological polar surface area (TPSA) is 55.4 Å². The Morgan fingerprint density at radius 1 is 1.20 bits per heavy atom. The summed E-state index contributed by atoms with van der Waals surface area (Å²) in [7, 11) is -2.11. The van der Waals surface area contributed by atoms with Crippen LogP contribution in [0.1, 0.15) is 24.0 Å². The smallest absolute Gasteiger partial charge is 0.235 e. The number of hydrogen-bond donors (Lipinski definition) is 1. The summed E-state index contributed by atoms with van der Waals surface area (Å²) in [5.74, 6) is -0.359. The van der Waals surface area contributed by atoms with Gasteiger partial charge >= 0.3 is 0 Å². The maximum Gasteiger partial charge on any atom is 0.235 e. The molecule has 0 unspecified atom stereocenters. The molecule has 0 atom stereocenters. The van der Waals surface area contributed by atoms with Gasteiger partial charge in [-0.25, -0.2) is 12.8 Å². The predicted molar refractivity (Wildman–Crippen MR) is 98.9 cm³/mol. The van der Waals surface area contributed by atoms with Gasteiger partial charge in [0.15, 0.2) is 5.82 Å². The van der Waals surface area contributed by atoms with Crippen LogP contribution in [0, 0.1) is 5.82 Å². The van der Waals surface area contributed by atoms with Gasteiger partial charge in [-0.3, -0.25) is 4.72 Å². The van der Waals surface area contributed by atoms with E-state index in [9.17, 15) is 12.8 Å². The second-order valence-electron chi connectivity index (χ2n) is 5.81. The van der Waals surface area contributed by atoms with Gasteiger partial charge in [0.25, 0.3) is 0 Å². The van der Waals surface area contributed by atoms with Gasteiger partial charge in [-0.2, -0.15) is 0 Å². The van der Waals surface area contributed by atoms with Crippen LogP contribution in [0.15, 0.2) is 36.4 Å². The third-order valence-electron chi connectivity index (χ3n) is 3.86. The largest absolute Gasteiger partial charge is 0.496 e. The van der Waals surface area contributed by atoms with Crippen LogP contribution < -0.4 is 9.46 Å². The summed E-state index contributed by atoms with van der Waals surface area (Å²) in [6.45, 7) is 0. The Labute approximate surface area is 151 Å². The third-order valence-corrected chi connectivity index (χ3v) is 5.97. The molecule has 1 saturated carbocycles. The van der Waals surface area contributed by atoms with Crippen molar-refractivity contribution in [3.63, 3.8) is 0 Å². The summed E-state index contributed by atoms with van der Waals surface area (Å²) in [6.07, 6.45) is 4.76. The lowest BCUT2D eigenvalue weighted by atomic mass is 10.1. The van der Waals surface area contributed by atoms with Gasteiger partial charge in [0.1, 0.15) is 5.75 Å². The molecule has 2 aromatic carbocycles. The Bertz CT molecular complexity index is 907. The number of hydrogen-bond acceptors (Lipinski definition) is 3. The van der Waals surface area contributed by atoms with E-state index in [2.05, 4.69) is 4.72 Å². The fourth-order valence-corrected chi connectivity index (χ4v) is 3.84. The van der Waals surface area contributed by atoms with Crippen molar-refractivity contribution in [2.45, 2.75) is 18.1 Å². The second kappa shape index (κ2) is 7.06. The molecule has 0 spiro atoms. The SMILES string of the molecule is COc1cc(F)c(NS(=O)(=O)C2CC2)cc1/C=C/c1ccc(Cl)cc1. The second-order valence-corrected chi connectivity index (χ2v) is 8.20. The molecular formula is C18H17ClFNO3S. The van der Waals surface area contributed by atoms with Crippen molar-refractivity contribution in [1.82, 2.24) is 0 Å². The molecule has 4 nitrogen and oxygen atoms in total. The summed E-state index contributed by atoms with van der Waals surface area (Å²) in [5, 5.41) is 0.204. The summed E-state index contributed by atoms with van der Waals surface area (Å²) >= 11 is 5.86. The van der Waals surface area contributed by atoms with Crippen LogP contribution in [0.2, 0.25) is 5.02 Å². The van der Waals surface area contributed by atoms with Crippen LogP contribution in [0.3, 0.4) is 0 Å². The van der Waals surface area contributed by atoms with E-state index >= 15 is 0 Å². The maximum atomic E-state index is 14.2. The van der Waals surface area contributed by atoms with Crippen molar-refractivity contribution < 1.29 is 17.5 Å². The van der Waals surface area contributed by atoms with Crippen LogP contribution in [0.5, 0.6) is 5.75 Å². The molecule has 0 bridgehead atoms. The maximum absolute atomic E-state index is 14.2. The van der Waals surface area contributed by atoms with E-state index in [-0.39, 0.29) is 5.69 Å². The molecule has 7 heteroatoms. The molecule has 0 aliphatic heterocycles. The molecule has 0 amide bonds. The lowest BCUT2D eigenvalue weighted by Gasteiger charge is -2.12. The van der Waals surface area contributed by atoms with E-state index < -0.39 is 21.1 Å². The number of ether oxygens (including phenoxy) is 1. The monoisotopic (exact) mass is 381 g/mol. The lowest BCUT2D eigenvalue weighted by Crippen LogP contribution is -2.18. The first kappa shape index (κ1) is 17.8. The highest BCUT2D eigenvalue weighted by Crippen LogP contribution is 2.33. The quantitative estimate of drug-likeness (QED) is 0.746. The molecule has 2 aromatic rings. The number of anilines is 1. The van der Waals surface area contributed by atoms with Gasteiger partial charge in [-0.1, -0.05) is 35.9 Å². The van der Waals surface area contributed by atoms with Gasteiger partial charge in [0.2, 0.25) is 10.0 Å². The van der Waals surface area contributed by atoms with Gasteiger partial charge in [-0.15, -0.1) is 0 Å². The number of rotatable bonds is 6. The molecular weight excluding hydrogens is 365 g/mol. The Balaban J connectivity index is 1.91. The first-order chi connectivity index (χ1) is 11.9. The average Bonchev–Trinajstić information content (AvgIpc) is 3.42. The van der Waals surface area contributed by atoms with E-state index in [0.717, 1.165) is 5.56 Å². The highest BCUT2D eigenvalue weighted by molar-refractivity contribution is 7.93. The van der Waals surface area contributed by atoms with Crippen LogP contribution in [0.25, 0.3) is 12.2 Å². The Morgan fingerprint density at radius 3 is 2.48 bits per heavy atom. The highest BCUT2D eigenvalue weighted by atomic mass is 35.5. The molecule has 132 valence electrons. The molecule has 0 aromatic heterocycles. The van der Waals surface area contributed by atoms with Gasteiger partial charge in [0, 0.05) is 16.7 Å². The van der Waals surface area contributed by atoms with E-state index in [0.29, 0.717) is 29.2 Å². The number of methoxy groups -OCH3 is 1. The van der Waals surface area contributed by atoms with Gasteiger partial charge in [0.05, 0.1) is 18.0 Å².